The molecule has 0 aromatic carbocycles. The van der Waals surface area contributed by atoms with Crippen LogP contribution in [0, 0.1) is 0 Å². The van der Waals surface area contributed by atoms with Crippen molar-refractivity contribution >= 4 is 0 Å². The van der Waals surface area contributed by atoms with Gasteiger partial charge in [0.1, 0.15) is 0 Å². The van der Waals surface area contributed by atoms with Gasteiger partial charge in [0.05, 0.1) is 18.2 Å². The molecule has 1 atom stereocenters. The smallest absolute Gasteiger partial charge is 0.0764 e. The Morgan fingerprint density at radius 2 is 2.10 bits per heavy atom. The molecule has 0 heterocycles. The second kappa shape index (κ2) is 3.91. The van der Waals surface area contributed by atoms with Gasteiger partial charge in [0.2, 0.25) is 0 Å². The normalized spacial score (nSPS) is 15.3. The van der Waals surface area contributed by atoms with Crippen LogP contribution in [-0.4, -0.2) is 30.0 Å². The molecule has 0 saturated carbocycles. The molecule has 0 aromatic heterocycles. The van der Waals surface area contributed by atoms with Gasteiger partial charge in [-0.05, 0) is 20.8 Å². The molecule has 62 valence electrons. The minimum absolute atomic E-state index is 0.299. The van der Waals surface area contributed by atoms with Crippen LogP contribution in [-0.2, 0) is 4.74 Å². The highest BCUT2D eigenvalue weighted by Gasteiger charge is 2.22. The van der Waals surface area contributed by atoms with E-state index < -0.39 is 5.60 Å². The first-order valence-corrected chi connectivity index (χ1v) is 3.54. The van der Waals surface area contributed by atoms with Crippen LogP contribution in [0.5, 0.6) is 0 Å². The number of hydrogen-bond acceptors (Lipinski definition) is 3. The molecule has 0 fully saturated rings. The predicted octanol–water partition coefficient (Wildman–Crippen LogP) is 0.121. The van der Waals surface area contributed by atoms with Crippen molar-refractivity contribution < 1.29 is 9.84 Å². The molecular formula is C7H17NO2. The SMILES string of the molecule is CCOCC(N)C(C)(C)O. The molecule has 0 amide bonds. The van der Waals surface area contributed by atoms with Gasteiger partial charge in [-0.25, -0.2) is 0 Å². The largest absolute Gasteiger partial charge is 0.389 e. The maximum atomic E-state index is 9.31. The Bertz CT molecular complexity index is 88.1. The fourth-order valence-corrected chi connectivity index (χ4v) is 0.449. The Kier molecular flexibility index (Phi) is 3.86. The highest BCUT2D eigenvalue weighted by Crippen LogP contribution is 2.05. The van der Waals surface area contributed by atoms with E-state index in [4.69, 9.17) is 10.5 Å². The van der Waals surface area contributed by atoms with E-state index in [1.165, 1.54) is 0 Å². The Morgan fingerprint density at radius 1 is 1.60 bits per heavy atom. The molecule has 0 aliphatic heterocycles. The molecule has 0 bridgehead atoms. The molecule has 0 radical (unpaired) electrons. The maximum Gasteiger partial charge on any atom is 0.0764 e. The molecule has 0 aromatic rings. The van der Waals surface area contributed by atoms with Gasteiger partial charge in [0, 0.05) is 6.61 Å². The van der Waals surface area contributed by atoms with E-state index in [1.807, 2.05) is 6.92 Å². The number of nitrogens with two attached hydrogens (primary N) is 1. The summed E-state index contributed by atoms with van der Waals surface area (Å²) in [5, 5.41) is 9.31. The van der Waals surface area contributed by atoms with Crippen molar-refractivity contribution in [2.45, 2.75) is 32.4 Å². The summed E-state index contributed by atoms with van der Waals surface area (Å²) in [7, 11) is 0. The number of aliphatic hydroxyl groups is 1. The lowest BCUT2D eigenvalue weighted by molar-refractivity contribution is 0.0107. The van der Waals surface area contributed by atoms with Crippen molar-refractivity contribution in [2.75, 3.05) is 13.2 Å². The van der Waals surface area contributed by atoms with Crippen molar-refractivity contribution in [1.82, 2.24) is 0 Å². The van der Waals surface area contributed by atoms with Crippen LogP contribution in [0.3, 0.4) is 0 Å². The van der Waals surface area contributed by atoms with E-state index >= 15 is 0 Å². The van der Waals surface area contributed by atoms with E-state index in [9.17, 15) is 5.11 Å². The zero-order valence-electron chi connectivity index (χ0n) is 6.92. The number of hydrogen-bond donors (Lipinski definition) is 2. The molecule has 0 rings (SSSR count). The molecule has 0 spiro atoms. The Labute approximate surface area is 62.2 Å². The molecule has 0 aliphatic rings. The maximum absolute atomic E-state index is 9.31. The molecule has 3 heteroatoms. The third-order valence-electron chi connectivity index (χ3n) is 1.41. The highest BCUT2D eigenvalue weighted by molar-refractivity contribution is 4.79. The third kappa shape index (κ3) is 3.82. The van der Waals surface area contributed by atoms with E-state index in [2.05, 4.69) is 0 Å². The topological polar surface area (TPSA) is 55.5 Å². The zero-order valence-corrected chi connectivity index (χ0v) is 6.92. The first kappa shape index (κ1) is 9.88. The number of rotatable bonds is 4. The van der Waals surface area contributed by atoms with Crippen LogP contribution in [0.4, 0.5) is 0 Å². The standard InChI is InChI=1S/C7H17NO2/c1-4-10-5-6(8)7(2,3)9/h6,9H,4-5,8H2,1-3H3. The Balaban J connectivity index is 3.52. The predicted molar refractivity (Wildman–Crippen MR) is 40.8 cm³/mol. The van der Waals surface area contributed by atoms with Gasteiger partial charge in [0.15, 0.2) is 0 Å². The molecule has 0 saturated heterocycles. The molecule has 10 heavy (non-hydrogen) atoms. The summed E-state index contributed by atoms with van der Waals surface area (Å²) < 4.78 is 5.04. The lowest BCUT2D eigenvalue weighted by atomic mass is 10.0. The first-order chi connectivity index (χ1) is 4.48. The average Bonchev–Trinajstić information content (AvgIpc) is 1.80. The summed E-state index contributed by atoms with van der Waals surface area (Å²) in [6.45, 7) is 6.31. The van der Waals surface area contributed by atoms with Crippen molar-refractivity contribution in [3.05, 3.63) is 0 Å². The lowest BCUT2D eigenvalue weighted by Gasteiger charge is -2.24. The van der Waals surface area contributed by atoms with E-state index in [0.717, 1.165) is 0 Å². The van der Waals surface area contributed by atoms with Gasteiger partial charge in [-0.3, -0.25) is 0 Å². The lowest BCUT2D eigenvalue weighted by Crippen LogP contribution is -2.46. The van der Waals surface area contributed by atoms with Crippen LogP contribution in [0.2, 0.25) is 0 Å². The van der Waals surface area contributed by atoms with Crippen LogP contribution in [0.15, 0.2) is 0 Å². The van der Waals surface area contributed by atoms with Crippen molar-refractivity contribution in [2.24, 2.45) is 5.73 Å². The Morgan fingerprint density at radius 3 is 2.40 bits per heavy atom. The summed E-state index contributed by atoms with van der Waals surface area (Å²) in [6, 6.07) is -0.299. The van der Waals surface area contributed by atoms with Gasteiger partial charge >= 0.3 is 0 Å². The van der Waals surface area contributed by atoms with Crippen LogP contribution in [0.25, 0.3) is 0 Å². The van der Waals surface area contributed by atoms with Crippen LogP contribution >= 0.6 is 0 Å². The molecular weight excluding hydrogens is 130 g/mol. The van der Waals surface area contributed by atoms with Gasteiger partial charge < -0.3 is 15.6 Å². The fraction of sp³-hybridized carbons (Fsp3) is 1.00. The summed E-state index contributed by atoms with van der Waals surface area (Å²) in [6.07, 6.45) is 0. The third-order valence-corrected chi connectivity index (χ3v) is 1.41. The van der Waals surface area contributed by atoms with Crippen molar-refractivity contribution in [3.63, 3.8) is 0 Å². The molecule has 3 nitrogen and oxygen atoms in total. The second-order valence-electron chi connectivity index (χ2n) is 2.92. The second-order valence-corrected chi connectivity index (χ2v) is 2.92. The molecule has 3 N–H and O–H groups in total. The van der Waals surface area contributed by atoms with Gasteiger partial charge in [-0.2, -0.15) is 0 Å². The zero-order chi connectivity index (χ0) is 8.20. The van der Waals surface area contributed by atoms with E-state index in [0.29, 0.717) is 13.2 Å². The van der Waals surface area contributed by atoms with Gasteiger partial charge in [-0.1, -0.05) is 0 Å². The molecule has 0 aliphatic carbocycles. The summed E-state index contributed by atoms with van der Waals surface area (Å²) in [5.41, 5.74) is 4.72. The minimum atomic E-state index is -0.838. The van der Waals surface area contributed by atoms with Crippen LogP contribution < -0.4 is 5.73 Å². The van der Waals surface area contributed by atoms with E-state index in [-0.39, 0.29) is 6.04 Å². The monoisotopic (exact) mass is 147 g/mol. The van der Waals surface area contributed by atoms with Crippen LogP contribution in [0.1, 0.15) is 20.8 Å². The first-order valence-electron chi connectivity index (χ1n) is 3.54. The van der Waals surface area contributed by atoms with Gasteiger partial charge in [-0.15, -0.1) is 0 Å². The average molecular weight is 147 g/mol. The Hall–Kier alpha value is -0.120. The number of ether oxygens (including phenoxy) is 1. The van der Waals surface area contributed by atoms with Gasteiger partial charge in [0.25, 0.3) is 0 Å². The van der Waals surface area contributed by atoms with E-state index in [1.54, 1.807) is 13.8 Å². The summed E-state index contributed by atoms with van der Waals surface area (Å²) in [5.74, 6) is 0. The quantitative estimate of drug-likeness (QED) is 0.594. The summed E-state index contributed by atoms with van der Waals surface area (Å²) >= 11 is 0. The van der Waals surface area contributed by atoms with Crippen molar-refractivity contribution in [1.29, 1.82) is 0 Å². The minimum Gasteiger partial charge on any atom is -0.389 e. The highest BCUT2D eigenvalue weighted by atomic mass is 16.5. The van der Waals surface area contributed by atoms with Crippen molar-refractivity contribution in [3.8, 4) is 0 Å². The summed E-state index contributed by atoms with van der Waals surface area (Å²) in [4.78, 5) is 0. The fourth-order valence-electron chi connectivity index (χ4n) is 0.449. The molecule has 1 unspecified atom stereocenters.